The Balaban J connectivity index is 2.19. The van der Waals surface area contributed by atoms with Crippen LogP contribution in [0, 0.1) is 6.92 Å². The third-order valence-corrected chi connectivity index (χ3v) is 4.86. The molecule has 0 aliphatic carbocycles. The minimum absolute atomic E-state index is 0.529. The van der Waals surface area contributed by atoms with E-state index >= 15 is 0 Å². The highest BCUT2D eigenvalue weighted by Crippen LogP contribution is 2.50. The fourth-order valence-corrected chi connectivity index (χ4v) is 3.53. The SMILES string of the molecule is COc1c(C)c(Cc2ccccc2-c2cccnc2)c(OC)c(OC)c1OC. The molecule has 146 valence electrons. The Bertz CT molecular complexity index is 955. The fourth-order valence-electron chi connectivity index (χ4n) is 3.53. The van der Waals surface area contributed by atoms with E-state index in [0.717, 1.165) is 27.8 Å². The van der Waals surface area contributed by atoms with E-state index < -0.39 is 0 Å². The van der Waals surface area contributed by atoms with E-state index in [1.807, 2.05) is 31.3 Å². The molecular weight excluding hydrogens is 354 g/mol. The lowest BCUT2D eigenvalue weighted by atomic mass is 9.92. The van der Waals surface area contributed by atoms with Crippen molar-refractivity contribution in [1.82, 2.24) is 4.98 Å². The molecule has 0 aliphatic heterocycles. The molecule has 0 saturated heterocycles. The Hall–Kier alpha value is -3.21. The molecule has 3 rings (SSSR count). The van der Waals surface area contributed by atoms with E-state index in [1.54, 1.807) is 34.6 Å². The second kappa shape index (κ2) is 8.65. The van der Waals surface area contributed by atoms with E-state index in [0.29, 0.717) is 29.4 Å². The van der Waals surface area contributed by atoms with Crippen molar-refractivity contribution in [2.24, 2.45) is 0 Å². The third kappa shape index (κ3) is 3.48. The number of nitrogens with zero attached hydrogens (tertiary/aromatic N) is 1. The first-order valence-electron chi connectivity index (χ1n) is 8.99. The lowest BCUT2D eigenvalue weighted by molar-refractivity contribution is 0.302. The van der Waals surface area contributed by atoms with E-state index in [1.165, 1.54) is 0 Å². The number of benzene rings is 2. The first-order valence-corrected chi connectivity index (χ1v) is 8.99. The molecule has 0 N–H and O–H groups in total. The first kappa shape index (κ1) is 19.5. The van der Waals surface area contributed by atoms with E-state index in [9.17, 15) is 0 Å². The van der Waals surface area contributed by atoms with Crippen molar-refractivity contribution >= 4 is 0 Å². The summed E-state index contributed by atoms with van der Waals surface area (Å²) in [5.74, 6) is 2.36. The maximum Gasteiger partial charge on any atom is 0.207 e. The maximum absolute atomic E-state index is 5.74. The standard InChI is InChI=1S/C23H25NO4/c1-15-19(21(26-3)23(28-5)22(27-4)20(15)25-2)13-16-9-6-7-11-18(16)17-10-8-12-24-14-17/h6-12,14H,13H2,1-5H3. The summed E-state index contributed by atoms with van der Waals surface area (Å²) in [5, 5.41) is 0. The summed E-state index contributed by atoms with van der Waals surface area (Å²) in [5.41, 5.74) is 5.31. The second-order valence-corrected chi connectivity index (χ2v) is 6.31. The maximum atomic E-state index is 5.74. The van der Waals surface area contributed by atoms with Gasteiger partial charge in [0, 0.05) is 35.5 Å². The molecule has 5 nitrogen and oxygen atoms in total. The number of rotatable bonds is 7. The van der Waals surface area contributed by atoms with Crippen LogP contribution >= 0.6 is 0 Å². The van der Waals surface area contributed by atoms with Crippen molar-refractivity contribution in [1.29, 1.82) is 0 Å². The Morgan fingerprint density at radius 3 is 2.00 bits per heavy atom. The lowest BCUT2D eigenvalue weighted by Crippen LogP contribution is -2.05. The van der Waals surface area contributed by atoms with Gasteiger partial charge in [-0.05, 0) is 24.1 Å². The average molecular weight is 379 g/mol. The molecule has 1 aromatic heterocycles. The highest BCUT2D eigenvalue weighted by molar-refractivity contribution is 5.71. The Morgan fingerprint density at radius 2 is 1.39 bits per heavy atom. The van der Waals surface area contributed by atoms with Crippen LogP contribution in [-0.4, -0.2) is 33.4 Å². The average Bonchev–Trinajstić information content (AvgIpc) is 2.75. The summed E-state index contributed by atoms with van der Waals surface area (Å²) < 4.78 is 22.5. The largest absolute Gasteiger partial charge is 0.492 e. The van der Waals surface area contributed by atoms with Gasteiger partial charge < -0.3 is 18.9 Å². The molecule has 3 aromatic rings. The van der Waals surface area contributed by atoms with Crippen LogP contribution in [0.4, 0.5) is 0 Å². The summed E-state index contributed by atoms with van der Waals surface area (Å²) in [6.45, 7) is 2.01. The van der Waals surface area contributed by atoms with Gasteiger partial charge in [0.05, 0.1) is 28.4 Å². The van der Waals surface area contributed by atoms with E-state index in [2.05, 4.69) is 23.2 Å². The summed E-state index contributed by atoms with van der Waals surface area (Å²) >= 11 is 0. The summed E-state index contributed by atoms with van der Waals surface area (Å²) in [4.78, 5) is 4.26. The minimum Gasteiger partial charge on any atom is -0.492 e. The van der Waals surface area contributed by atoms with Crippen LogP contribution in [0.5, 0.6) is 23.0 Å². The van der Waals surface area contributed by atoms with Gasteiger partial charge in [0.25, 0.3) is 0 Å². The normalized spacial score (nSPS) is 10.5. The van der Waals surface area contributed by atoms with Crippen molar-refractivity contribution in [3.8, 4) is 34.1 Å². The molecule has 1 heterocycles. The number of pyridine rings is 1. The first-order chi connectivity index (χ1) is 13.7. The molecule has 0 atom stereocenters. The molecule has 0 fully saturated rings. The predicted octanol–water partition coefficient (Wildman–Crippen LogP) is 4.68. The molecule has 0 spiro atoms. The Labute approximate surface area is 165 Å². The van der Waals surface area contributed by atoms with Gasteiger partial charge in [-0.3, -0.25) is 4.98 Å². The van der Waals surface area contributed by atoms with Crippen LogP contribution < -0.4 is 18.9 Å². The molecule has 0 aliphatic rings. The molecule has 0 amide bonds. The quantitative estimate of drug-likeness (QED) is 0.596. The number of hydrogen-bond acceptors (Lipinski definition) is 5. The van der Waals surface area contributed by atoms with Crippen LogP contribution in [0.3, 0.4) is 0 Å². The van der Waals surface area contributed by atoms with Crippen molar-refractivity contribution in [3.63, 3.8) is 0 Å². The van der Waals surface area contributed by atoms with Crippen LogP contribution in [0.25, 0.3) is 11.1 Å². The molecule has 0 saturated carbocycles. The zero-order valence-electron chi connectivity index (χ0n) is 16.9. The summed E-state index contributed by atoms with van der Waals surface area (Å²) in [7, 11) is 6.46. The van der Waals surface area contributed by atoms with Gasteiger partial charge in [-0.1, -0.05) is 30.3 Å². The van der Waals surface area contributed by atoms with Crippen LogP contribution in [-0.2, 0) is 6.42 Å². The predicted molar refractivity (Wildman–Crippen MR) is 110 cm³/mol. The van der Waals surface area contributed by atoms with Gasteiger partial charge in [0.15, 0.2) is 11.5 Å². The van der Waals surface area contributed by atoms with Gasteiger partial charge in [0.2, 0.25) is 11.5 Å². The zero-order valence-corrected chi connectivity index (χ0v) is 16.9. The molecule has 0 radical (unpaired) electrons. The molecule has 2 aromatic carbocycles. The molecule has 0 bridgehead atoms. The number of ether oxygens (including phenoxy) is 4. The van der Waals surface area contributed by atoms with E-state index in [-0.39, 0.29) is 0 Å². The van der Waals surface area contributed by atoms with Crippen LogP contribution in [0.2, 0.25) is 0 Å². The van der Waals surface area contributed by atoms with Crippen LogP contribution in [0.1, 0.15) is 16.7 Å². The third-order valence-electron chi connectivity index (χ3n) is 4.86. The Kier molecular flexibility index (Phi) is 6.04. The Morgan fingerprint density at radius 1 is 0.750 bits per heavy atom. The number of hydrogen-bond donors (Lipinski definition) is 0. The van der Waals surface area contributed by atoms with Gasteiger partial charge >= 0.3 is 0 Å². The monoisotopic (exact) mass is 379 g/mol. The zero-order chi connectivity index (χ0) is 20.1. The topological polar surface area (TPSA) is 49.8 Å². The lowest BCUT2D eigenvalue weighted by Gasteiger charge is -2.22. The highest BCUT2D eigenvalue weighted by Gasteiger charge is 2.25. The van der Waals surface area contributed by atoms with E-state index in [4.69, 9.17) is 18.9 Å². The molecule has 28 heavy (non-hydrogen) atoms. The number of methoxy groups -OCH3 is 4. The summed E-state index contributed by atoms with van der Waals surface area (Å²) in [6.07, 6.45) is 4.30. The highest BCUT2D eigenvalue weighted by atomic mass is 16.5. The summed E-state index contributed by atoms with van der Waals surface area (Å²) in [6, 6.07) is 12.3. The number of aromatic nitrogens is 1. The molecular formula is C23H25NO4. The van der Waals surface area contributed by atoms with Crippen LogP contribution in [0.15, 0.2) is 48.8 Å². The van der Waals surface area contributed by atoms with Gasteiger partial charge in [-0.2, -0.15) is 0 Å². The smallest absolute Gasteiger partial charge is 0.207 e. The van der Waals surface area contributed by atoms with Crippen molar-refractivity contribution in [2.45, 2.75) is 13.3 Å². The molecule has 5 heteroatoms. The van der Waals surface area contributed by atoms with Crippen molar-refractivity contribution < 1.29 is 18.9 Å². The van der Waals surface area contributed by atoms with Gasteiger partial charge in [0.1, 0.15) is 0 Å². The fraction of sp³-hybridized carbons (Fsp3) is 0.261. The second-order valence-electron chi connectivity index (χ2n) is 6.31. The minimum atomic E-state index is 0.529. The molecule has 0 unspecified atom stereocenters. The van der Waals surface area contributed by atoms with Gasteiger partial charge in [-0.15, -0.1) is 0 Å². The van der Waals surface area contributed by atoms with Crippen molar-refractivity contribution in [3.05, 3.63) is 65.5 Å². The van der Waals surface area contributed by atoms with Gasteiger partial charge in [-0.25, -0.2) is 0 Å². The van der Waals surface area contributed by atoms with Crippen molar-refractivity contribution in [2.75, 3.05) is 28.4 Å².